The Morgan fingerprint density at radius 3 is 2.78 bits per heavy atom. The van der Waals surface area contributed by atoms with Crippen LogP contribution in [0.25, 0.3) is 0 Å². The molecule has 1 rings (SSSR count). The number of carboxylic acids is 1. The fourth-order valence-electron chi connectivity index (χ4n) is 1.72. The van der Waals surface area contributed by atoms with Gasteiger partial charge in [-0.15, -0.1) is 0 Å². The van der Waals surface area contributed by atoms with Gasteiger partial charge < -0.3 is 14.9 Å². The second-order valence-corrected chi connectivity index (χ2v) is 4.44. The summed E-state index contributed by atoms with van der Waals surface area (Å²) in [6, 6.07) is 7.17. The van der Waals surface area contributed by atoms with Crippen LogP contribution in [0.3, 0.4) is 0 Å². The minimum Gasteiger partial charge on any atom is -0.494 e. The van der Waals surface area contributed by atoms with Gasteiger partial charge >= 0.3 is 5.97 Å². The van der Waals surface area contributed by atoms with E-state index in [1.807, 2.05) is 13.0 Å². The van der Waals surface area contributed by atoms with Crippen LogP contribution in [0, 0.1) is 5.92 Å². The van der Waals surface area contributed by atoms with E-state index in [2.05, 4.69) is 0 Å². The van der Waals surface area contributed by atoms with E-state index in [1.54, 1.807) is 25.1 Å². The van der Waals surface area contributed by atoms with E-state index in [0.717, 1.165) is 6.42 Å². The maximum absolute atomic E-state index is 10.6. The minimum absolute atomic E-state index is 0.0544. The molecule has 0 saturated carbocycles. The first-order chi connectivity index (χ1) is 8.54. The summed E-state index contributed by atoms with van der Waals surface area (Å²) in [7, 11) is 0. The molecule has 18 heavy (non-hydrogen) atoms. The lowest BCUT2D eigenvalue weighted by Crippen LogP contribution is -2.13. The highest BCUT2D eigenvalue weighted by atomic mass is 16.5. The second-order valence-electron chi connectivity index (χ2n) is 4.44. The van der Waals surface area contributed by atoms with E-state index in [4.69, 9.17) is 9.84 Å². The van der Waals surface area contributed by atoms with Crippen molar-refractivity contribution < 1.29 is 19.7 Å². The first kappa shape index (κ1) is 14.5. The van der Waals surface area contributed by atoms with Gasteiger partial charge in [0.2, 0.25) is 0 Å². The van der Waals surface area contributed by atoms with Crippen molar-refractivity contribution in [3.8, 4) is 5.75 Å². The number of ether oxygens (including phenoxy) is 1. The number of aliphatic hydroxyl groups excluding tert-OH is 1. The molecule has 0 fully saturated rings. The van der Waals surface area contributed by atoms with Gasteiger partial charge in [0.05, 0.1) is 19.1 Å². The Balaban J connectivity index is 2.72. The molecule has 0 aliphatic heterocycles. The van der Waals surface area contributed by atoms with Crippen molar-refractivity contribution in [2.24, 2.45) is 5.92 Å². The summed E-state index contributed by atoms with van der Waals surface area (Å²) in [4.78, 5) is 10.6. The third-order valence-corrected chi connectivity index (χ3v) is 2.71. The summed E-state index contributed by atoms with van der Waals surface area (Å²) in [5.74, 6) is -0.528. The molecule has 0 heterocycles. The molecule has 1 aromatic carbocycles. The number of aliphatic hydroxyl groups is 1. The fraction of sp³-hybridized carbons (Fsp3) is 0.500. The van der Waals surface area contributed by atoms with Crippen LogP contribution in [0.4, 0.5) is 0 Å². The van der Waals surface area contributed by atoms with E-state index in [-0.39, 0.29) is 12.3 Å². The van der Waals surface area contributed by atoms with Gasteiger partial charge in [-0.3, -0.25) is 4.79 Å². The summed E-state index contributed by atoms with van der Waals surface area (Å²) in [5.41, 5.74) is 0.692. The molecule has 0 amide bonds. The number of rotatable bonds is 7. The van der Waals surface area contributed by atoms with Crippen LogP contribution in [0.1, 0.15) is 38.4 Å². The number of carbonyl (C=O) groups is 1. The summed E-state index contributed by atoms with van der Waals surface area (Å²) < 4.78 is 5.48. The van der Waals surface area contributed by atoms with Crippen LogP contribution in [0.2, 0.25) is 0 Å². The Labute approximate surface area is 107 Å². The third kappa shape index (κ3) is 4.37. The van der Waals surface area contributed by atoms with E-state index >= 15 is 0 Å². The number of carboxylic acid groups (broad SMARTS) is 1. The molecule has 4 heteroatoms. The van der Waals surface area contributed by atoms with Gasteiger partial charge in [-0.2, -0.15) is 0 Å². The van der Waals surface area contributed by atoms with Crippen molar-refractivity contribution in [1.29, 1.82) is 0 Å². The average molecular weight is 252 g/mol. The molecule has 0 aliphatic carbocycles. The lowest BCUT2D eigenvalue weighted by molar-refractivity contribution is -0.139. The predicted octanol–water partition coefficient (Wildman–Crippen LogP) is 2.62. The zero-order chi connectivity index (χ0) is 13.5. The lowest BCUT2D eigenvalue weighted by Gasteiger charge is -2.18. The van der Waals surface area contributed by atoms with E-state index in [0.29, 0.717) is 17.9 Å². The van der Waals surface area contributed by atoms with E-state index in [1.165, 1.54) is 0 Å². The molecule has 0 spiro atoms. The van der Waals surface area contributed by atoms with Gasteiger partial charge in [0, 0.05) is 0 Å². The summed E-state index contributed by atoms with van der Waals surface area (Å²) in [5, 5.41) is 18.8. The topological polar surface area (TPSA) is 66.8 Å². The van der Waals surface area contributed by atoms with Crippen LogP contribution in [-0.4, -0.2) is 22.8 Å². The number of benzene rings is 1. The lowest BCUT2D eigenvalue weighted by atomic mass is 9.94. The summed E-state index contributed by atoms with van der Waals surface area (Å²) in [6.45, 7) is 4.37. The van der Waals surface area contributed by atoms with Crippen molar-refractivity contribution in [3.63, 3.8) is 0 Å². The van der Waals surface area contributed by atoms with Crippen molar-refractivity contribution >= 4 is 5.97 Å². The highest BCUT2D eigenvalue weighted by molar-refractivity contribution is 5.67. The number of aliphatic carboxylic acids is 1. The van der Waals surface area contributed by atoms with Crippen LogP contribution < -0.4 is 4.74 Å². The smallest absolute Gasteiger partial charge is 0.303 e. The molecule has 0 radical (unpaired) electrons. The number of hydrogen-bond acceptors (Lipinski definition) is 3. The highest BCUT2D eigenvalue weighted by Gasteiger charge is 2.19. The molecule has 4 nitrogen and oxygen atoms in total. The Bertz CT molecular complexity index is 389. The minimum atomic E-state index is -0.903. The van der Waals surface area contributed by atoms with Crippen LogP contribution in [0.15, 0.2) is 24.3 Å². The zero-order valence-electron chi connectivity index (χ0n) is 10.8. The predicted molar refractivity (Wildman–Crippen MR) is 68.6 cm³/mol. The molecular formula is C14H20O4. The summed E-state index contributed by atoms with van der Waals surface area (Å²) >= 11 is 0. The SMILES string of the molecule is CCCOc1cccc(C(O)C(C)CC(=O)O)c1. The average Bonchev–Trinajstić information content (AvgIpc) is 2.35. The maximum atomic E-state index is 10.6. The normalized spacial score (nSPS) is 13.9. The molecule has 0 bridgehead atoms. The Kier molecular flexibility index (Phi) is 5.65. The molecule has 0 saturated heterocycles. The Morgan fingerprint density at radius 1 is 1.44 bits per heavy atom. The molecule has 1 aromatic rings. The molecular weight excluding hydrogens is 232 g/mol. The zero-order valence-corrected chi connectivity index (χ0v) is 10.8. The van der Waals surface area contributed by atoms with Crippen LogP contribution in [-0.2, 0) is 4.79 Å². The van der Waals surface area contributed by atoms with E-state index in [9.17, 15) is 9.90 Å². The van der Waals surface area contributed by atoms with Gasteiger partial charge in [-0.05, 0) is 30.0 Å². The fourth-order valence-corrected chi connectivity index (χ4v) is 1.72. The third-order valence-electron chi connectivity index (χ3n) is 2.71. The highest BCUT2D eigenvalue weighted by Crippen LogP contribution is 2.27. The van der Waals surface area contributed by atoms with Crippen LogP contribution in [0.5, 0.6) is 5.75 Å². The molecule has 2 unspecified atom stereocenters. The van der Waals surface area contributed by atoms with E-state index < -0.39 is 12.1 Å². The Hall–Kier alpha value is -1.55. The van der Waals surface area contributed by atoms with Gasteiger partial charge in [0.15, 0.2) is 0 Å². The van der Waals surface area contributed by atoms with Crippen molar-refractivity contribution in [3.05, 3.63) is 29.8 Å². The second kappa shape index (κ2) is 7.01. The monoisotopic (exact) mass is 252 g/mol. The number of hydrogen-bond donors (Lipinski definition) is 2. The first-order valence-corrected chi connectivity index (χ1v) is 6.17. The standard InChI is InChI=1S/C14H20O4/c1-3-7-18-12-6-4-5-11(9-12)14(17)10(2)8-13(15)16/h4-6,9-10,14,17H,3,7-8H2,1-2H3,(H,15,16). The molecule has 100 valence electrons. The summed E-state index contributed by atoms with van der Waals surface area (Å²) in [6.07, 6.45) is 0.0786. The van der Waals surface area contributed by atoms with Crippen molar-refractivity contribution in [1.82, 2.24) is 0 Å². The quantitative estimate of drug-likeness (QED) is 0.782. The van der Waals surface area contributed by atoms with Gasteiger partial charge in [0.25, 0.3) is 0 Å². The van der Waals surface area contributed by atoms with Crippen molar-refractivity contribution in [2.45, 2.75) is 32.8 Å². The first-order valence-electron chi connectivity index (χ1n) is 6.17. The van der Waals surface area contributed by atoms with Crippen molar-refractivity contribution in [2.75, 3.05) is 6.61 Å². The molecule has 2 N–H and O–H groups in total. The Morgan fingerprint density at radius 2 is 2.17 bits per heavy atom. The van der Waals surface area contributed by atoms with Gasteiger partial charge in [0.1, 0.15) is 5.75 Å². The van der Waals surface area contributed by atoms with Gasteiger partial charge in [-0.1, -0.05) is 26.0 Å². The van der Waals surface area contributed by atoms with Crippen LogP contribution >= 0.6 is 0 Å². The largest absolute Gasteiger partial charge is 0.494 e. The molecule has 2 atom stereocenters. The molecule has 0 aromatic heterocycles. The maximum Gasteiger partial charge on any atom is 0.303 e. The molecule has 0 aliphatic rings. The van der Waals surface area contributed by atoms with Gasteiger partial charge in [-0.25, -0.2) is 0 Å².